The van der Waals surface area contributed by atoms with Gasteiger partial charge in [0.15, 0.2) is 0 Å². The van der Waals surface area contributed by atoms with Crippen LogP contribution < -0.4 is 5.32 Å². The first-order valence-electron chi connectivity index (χ1n) is 4.91. The van der Waals surface area contributed by atoms with Crippen LogP contribution >= 0.6 is 0 Å². The quantitative estimate of drug-likeness (QED) is 0.561. The molecule has 0 aromatic carbocycles. The first-order valence-corrected chi connectivity index (χ1v) is 4.91. The summed E-state index contributed by atoms with van der Waals surface area (Å²) in [5, 5.41) is 3.40. The van der Waals surface area contributed by atoms with E-state index in [2.05, 4.69) is 33.6 Å². The van der Waals surface area contributed by atoms with Crippen molar-refractivity contribution in [3.63, 3.8) is 0 Å². The third kappa shape index (κ3) is 4.11. The molecule has 1 heterocycles. The van der Waals surface area contributed by atoms with Gasteiger partial charge in [0.2, 0.25) is 0 Å². The highest BCUT2D eigenvalue weighted by atomic mass is 15.1. The molecule has 0 aliphatic carbocycles. The monoisotopic (exact) mass is 191 g/mol. The van der Waals surface area contributed by atoms with Crippen LogP contribution in [0.4, 0.5) is 0 Å². The maximum atomic E-state index is 4.00. The Morgan fingerprint density at radius 2 is 2.43 bits per heavy atom. The van der Waals surface area contributed by atoms with Crippen molar-refractivity contribution in [3.05, 3.63) is 18.7 Å². The second-order valence-electron chi connectivity index (χ2n) is 3.29. The van der Waals surface area contributed by atoms with Crippen molar-refractivity contribution in [2.75, 3.05) is 6.54 Å². The summed E-state index contributed by atoms with van der Waals surface area (Å²) in [4.78, 5) is 4.00. The number of rotatable bonds is 5. The maximum absolute atomic E-state index is 4.00. The third-order valence-electron chi connectivity index (χ3n) is 1.96. The Hall–Kier alpha value is -1.27. The molecule has 0 saturated carbocycles. The van der Waals surface area contributed by atoms with Crippen LogP contribution in [-0.2, 0) is 6.54 Å². The smallest absolute Gasteiger partial charge is 0.0946 e. The third-order valence-corrected chi connectivity index (χ3v) is 1.96. The van der Waals surface area contributed by atoms with Crippen LogP contribution in [0.1, 0.15) is 20.3 Å². The highest BCUT2D eigenvalue weighted by Gasteiger charge is 2.00. The van der Waals surface area contributed by atoms with E-state index in [4.69, 9.17) is 0 Å². The molecular weight excluding hydrogens is 174 g/mol. The van der Waals surface area contributed by atoms with Gasteiger partial charge in [-0.15, -0.1) is 11.8 Å². The number of nitrogens with one attached hydrogen (secondary N) is 1. The molecule has 1 N–H and O–H groups in total. The van der Waals surface area contributed by atoms with E-state index in [0.29, 0.717) is 6.04 Å². The highest BCUT2D eigenvalue weighted by Crippen LogP contribution is 1.91. The van der Waals surface area contributed by atoms with Gasteiger partial charge in [0, 0.05) is 37.9 Å². The highest BCUT2D eigenvalue weighted by molar-refractivity contribution is 4.95. The van der Waals surface area contributed by atoms with E-state index in [1.165, 1.54) is 0 Å². The summed E-state index contributed by atoms with van der Waals surface area (Å²) in [6.45, 7) is 5.95. The molecule has 1 aromatic heterocycles. The Bertz CT molecular complexity index is 292. The molecule has 0 bridgehead atoms. The van der Waals surface area contributed by atoms with E-state index in [-0.39, 0.29) is 0 Å². The lowest BCUT2D eigenvalue weighted by atomic mass is 10.3. The Morgan fingerprint density at radius 1 is 1.57 bits per heavy atom. The van der Waals surface area contributed by atoms with Gasteiger partial charge < -0.3 is 9.88 Å². The minimum absolute atomic E-state index is 0.461. The van der Waals surface area contributed by atoms with Gasteiger partial charge in [0.25, 0.3) is 0 Å². The number of aromatic nitrogens is 2. The van der Waals surface area contributed by atoms with Crippen molar-refractivity contribution in [3.8, 4) is 11.8 Å². The summed E-state index contributed by atoms with van der Waals surface area (Å²) in [6.07, 6.45) is 6.54. The molecule has 0 amide bonds. The fourth-order valence-corrected chi connectivity index (χ4v) is 1.28. The zero-order valence-electron chi connectivity index (χ0n) is 8.83. The Kier molecular flexibility index (Phi) is 4.81. The second-order valence-corrected chi connectivity index (χ2v) is 3.29. The largest absolute Gasteiger partial charge is 0.336 e. The second kappa shape index (κ2) is 6.22. The molecule has 76 valence electrons. The minimum Gasteiger partial charge on any atom is -0.336 e. The average Bonchev–Trinajstić information content (AvgIpc) is 2.65. The first kappa shape index (κ1) is 10.8. The van der Waals surface area contributed by atoms with Crippen LogP contribution in [0.3, 0.4) is 0 Å². The van der Waals surface area contributed by atoms with Crippen molar-refractivity contribution in [1.82, 2.24) is 14.9 Å². The maximum Gasteiger partial charge on any atom is 0.0946 e. The van der Waals surface area contributed by atoms with Gasteiger partial charge in [-0.1, -0.05) is 0 Å². The Balaban J connectivity index is 2.15. The van der Waals surface area contributed by atoms with Gasteiger partial charge >= 0.3 is 0 Å². The van der Waals surface area contributed by atoms with Crippen LogP contribution in [0, 0.1) is 11.8 Å². The van der Waals surface area contributed by atoms with E-state index in [1.807, 2.05) is 19.4 Å². The lowest BCUT2D eigenvalue weighted by molar-refractivity contribution is 0.483. The predicted octanol–water partition coefficient (Wildman–Crippen LogP) is 1.27. The number of hydrogen-bond donors (Lipinski definition) is 1. The molecule has 1 aromatic rings. The Labute approximate surface area is 85.5 Å². The molecule has 1 unspecified atom stereocenters. The molecule has 3 heteroatoms. The molecule has 0 radical (unpaired) electrons. The van der Waals surface area contributed by atoms with E-state index in [9.17, 15) is 0 Å². The fraction of sp³-hybridized carbons (Fsp3) is 0.545. The molecule has 0 saturated heterocycles. The van der Waals surface area contributed by atoms with Crippen LogP contribution in [0.25, 0.3) is 0 Å². The SMILES string of the molecule is CC#CCCNC(C)Cn1ccnc1. The molecule has 1 rings (SSSR count). The molecule has 0 aliphatic rings. The van der Waals surface area contributed by atoms with Crippen molar-refractivity contribution < 1.29 is 0 Å². The van der Waals surface area contributed by atoms with Crippen molar-refractivity contribution >= 4 is 0 Å². The van der Waals surface area contributed by atoms with Crippen molar-refractivity contribution in [2.45, 2.75) is 32.9 Å². The van der Waals surface area contributed by atoms with Crippen LogP contribution in [0.2, 0.25) is 0 Å². The van der Waals surface area contributed by atoms with Crippen LogP contribution in [-0.4, -0.2) is 22.1 Å². The van der Waals surface area contributed by atoms with E-state index >= 15 is 0 Å². The summed E-state index contributed by atoms with van der Waals surface area (Å²) in [7, 11) is 0. The molecule has 14 heavy (non-hydrogen) atoms. The summed E-state index contributed by atoms with van der Waals surface area (Å²) < 4.78 is 2.07. The topological polar surface area (TPSA) is 29.9 Å². The zero-order chi connectivity index (χ0) is 10.2. The summed E-state index contributed by atoms with van der Waals surface area (Å²) >= 11 is 0. The van der Waals surface area contributed by atoms with E-state index in [0.717, 1.165) is 19.5 Å². The fourth-order valence-electron chi connectivity index (χ4n) is 1.28. The molecule has 0 spiro atoms. The standard InChI is InChI=1S/C11H17N3/c1-3-4-5-6-13-11(2)9-14-8-7-12-10-14/h7-8,10-11,13H,5-6,9H2,1-2H3. The number of imidazole rings is 1. The number of nitrogens with zero attached hydrogens (tertiary/aromatic N) is 2. The Morgan fingerprint density at radius 3 is 3.07 bits per heavy atom. The molecule has 0 aliphatic heterocycles. The number of hydrogen-bond acceptors (Lipinski definition) is 2. The van der Waals surface area contributed by atoms with Gasteiger partial charge in [-0.2, -0.15) is 0 Å². The van der Waals surface area contributed by atoms with Gasteiger partial charge in [0.05, 0.1) is 6.33 Å². The predicted molar refractivity (Wildman–Crippen MR) is 57.8 cm³/mol. The lowest BCUT2D eigenvalue weighted by Gasteiger charge is -2.12. The molecule has 1 atom stereocenters. The van der Waals surface area contributed by atoms with Gasteiger partial charge in [-0.3, -0.25) is 0 Å². The normalized spacial score (nSPS) is 11.9. The summed E-state index contributed by atoms with van der Waals surface area (Å²) in [6, 6.07) is 0.461. The molecule has 0 fully saturated rings. The lowest BCUT2D eigenvalue weighted by Crippen LogP contribution is -2.30. The molecular formula is C11H17N3. The first-order chi connectivity index (χ1) is 6.83. The zero-order valence-corrected chi connectivity index (χ0v) is 8.83. The summed E-state index contributed by atoms with van der Waals surface area (Å²) in [5.41, 5.74) is 0. The van der Waals surface area contributed by atoms with Crippen molar-refractivity contribution in [2.24, 2.45) is 0 Å². The van der Waals surface area contributed by atoms with Gasteiger partial charge in [-0.05, 0) is 13.8 Å². The molecule has 3 nitrogen and oxygen atoms in total. The minimum atomic E-state index is 0.461. The van der Waals surface area contributed by atoms with Gasteiger partial charge in [0.1, 0.15) is 0 Å². The van der Waals surface area contributed by atoms with Crippen molar-refractivity contribution in [1.29, 1.82) is 0 Å². The van der Waals surface area contributed by atoms with E-state index in [1.54, 1.807) is 6.20 Å². The average molecular weight is 191 g/mol. The van der Waals surface area contributed by atoms with Crippen LogP contribution in [0.15, 0.2) is 18.7 Å². The van der Waals surface area contributed by atoms with Crippen LogP contribution in [0.5, 0.6) is 0 Å². The summed E-state index contributed by atoms with van der Waals surface area (Å²) in [5.74, 6) is 5.91. The van der Waals surface area contributed by atoms with E-state index < -0.39 is 0 Å². The van der Waals surface area contributed by atoms with Gasteiger partial charge in [-0.25, -0.2) is 4.98 Å².